The summed E-state index contributed by atoms with van der Waals surface area (Å²) in [5, 5.41) is 11.9. The van der Waals surface area contributed by atoms with Crippen LogP contribution in [0.2, 0.25) is 5.02 Å². The molecule has 0 bridgehead atoms. The van der Waals surface area contributed by atoms with Gasteiger partial charge in [-0.05, 0) is 42.8 Å². The van der Waals surface area contributed by atoms with Crippen molar-refractivity contribution >= 4 is 44.5 Å². The van der Waals surface area contributed by atoms with Crippen molar-refractivity contribution in [3.63, 3.8) is 0 Å². The second-order valence-corrected chi connectivity index (χ2v) is 7.88. The van der Waals surface area contributed by atoms with Gasteiger partial charge in [0.2, 0.25) is 0 Å². The van der Waals surface area contributed by atoms with Gasteiger partial charge in [0.1, 0.15) is 17.6 Å². The molecule has 144 valence electrons. The molecule has 1 aromatic heterocycles. The van der Waals surface area contributed by atoms with Crippen LogP contribution in [-0.4, -0.2) is 34.3 Å². The van der Waals surface area contributed by atoms with Crippen LogP contribution in [0.4, 0.5) is 4.79 Å². The van der Waals surface area contributed by atoms with Crippen LogP contribution in [-0.2, 0) is 4.74 Å². The molecule has 1 aromatic carbocycles. The van der Waals surface area contributed by atoms with Crippen LogP contribution in [0.15, 0.2) is 21.7 Å². The number of ether oxygens (including phenoxy) is 2. The number of fused-ring (bicyclic) bond motifs is 1. The van der Waals surface area contributed by atoms with Crippen molar-refractivity contribution in [3.8, 4) is 11.8 Å². The van der Waals surface area contributed by atoms with Gasteiger partial charge in [0.15, 0.2) is 5.75 Å². The molecule has 0 unspecified atom stereocenters. The topological polar surface area (TPSA) is 117 Å². The third kappa shape index (κ3) is 5.58. The van der Waals surface area contributed by atoms with Gasteiger partial charge < -0.3 is 19.8 Å². The highest BCUT2D eigenvalue weighted by atomic mass is 79.9. The molecule has 8 nitrogen and oxygen atoms in total. The highest BCUT2D eigenvalue weighted by Crippen LogP contribution is 2.37. The molecule has 2 rings (SSSR count). The predicted molar refractivity (Wildman–Crippen MR) is 104 cm³/mol. The lowest BCUT2D eigenvalue weighted by atomic mass is 10.2. The highest BCUT2D eigenvalue weighted by Gasteiger charge is 2.22. The number of H-pyrrole nitrogens is 1. The minimum atomic E-state index is -0.676. The van der Waals surface area contributed by atoms with Crippen molar-refractivity contribution in [2.45, 2.75) is 38.8 Å². The fraction of sp³-hybridized carbons (Fsp3) is 0.412. The molecule has 2 aromatic rings. The first-order chi connectivity index (χ1) is 12.6. The summed E-state index contributed by atoms with van der Waals surface area (Å²) in [6, 6.07) is 2.92. The Bertz CT molecular complexity index is 949. The van der Waals surface area contributed by atoms with E-state index in [0.717, 1.165) is 0 Å². The third-order valence-corrected chi connectivity index (χ3v) is 4.50. The molecule has 2 N–H and O–H groups in total. The molecular weight excluding hydrogens is 440 g/mol. The lowest BCUT2D eigenvalue weighted by Gasteiger charge is -2.23. The van der Waals surface area contributed by atoms with E-state index >= 15 is 0 Å². The Balaban J connectivity index is 2.25. The summed E-state index contributed by atoms with van der Waals surface area (Å²) in [4.78, 5) is 30.7. The molecule has 1 heterocycles. The summed E-state index contributed by atoms with van der Waals surface area (Å²) in [6.07, 6.45) is 0.588. The number of carbonyl (C=O) groups is 1. The maximum atomic E-state index is 12.2. The molecule has 0 saturated heterocycles. The van der Waals surface area contributed by atoms with Gasteiger partial charge in [-0.15, -0.1) is 0 Å². The number of nitrogens with zero attached hydrogens (tertiary/aromatic N) is 2. The summed E-state index contributed by atoms with van der Waals surface area (Å²) in [5.41, 5.74) is -0.700. The highest BCUT2D eigenvalue weighted by molar-refractivity contribution is 9.10. The van der Waals surface area contributed by atoms with Gasteiger partial charge in [-0.25, -0.2) is 9.78 Å². The zero-order valence-corrected chi connectivity index (χ0v) is 17.3. The van der Waals surface area contributed by atoms with E-state index < -0.39 is 23.3 Å². The predicted octanol–water partition coefficient (Wildman–Crippen LogP) is 3.52. The lowest BCUT2D eigenvalue weighted by Crippen LogP contribution is -2.42. The number of aromatic nitrogens is 2. The number of aromatic amines is 1. The summed E-state index contributed by atoms with van der Waals surface area (Å²) < 4.78 is 11.4. The quantitative estimate of drug-likeness (QED) is 0.709. The molecule has 0 saturated carbocycles. The number of alkyl carbamates (subject to hydrolysis) is 1. The molecule has 0 radical (unpaired) electrons. The lowest BCUT2D eigenvalue weighted by molar-refractivity contribution is 0.0489. The van der Waals surface area contributed by atoms with E-state index in [-0.39, 0.29) is 29.2 Å². The summed E-state index contributed by atoms with van der Waals surface area (Å²) >= 11 is 9.56. The standard InChI is InChI=1S/C17H18BrClN4O4/c1-17(2,3)27-16(25)23-9(4-5-20)7-26-14-12-11(6-10(18)13(14)19)21-8-22-15(12)24/h6,8-9H,4,7H2,1-3H3,(H,23,25)(H,21,22,24)/t9-/m0/s1. The number of benzene rings is 1. The van der Waals surface area contributed by atoms with Gasteiger partial charge in [0.25, 0.3) is 5.56 Å². The van der Waals surface area contributed by atoms with E-state index in [1.54, 1.807) is 26.8 Å². The van der Waals surface area contributed by atoms with E-state index in [4.69, 9.17) is 26.3 Å². The fourth-order valence-electron chi connectivity index (χ4n) is 2.20. The van der Waals surface area contributed by atoms with Crippen LogP contribution in [0.3, 0.4) is 0 Å². The van der Waals surface area contributed by atoms with Crippen LogP contribution >= 0.6 is 27.5 Å². The maximum absolute atomic E-state index is 12.2. The van der Waals surface area contributed by atoms with Crippen LogP contribution < -0.4 is 15.6 Å². The summed E-state index contributed by atoms with van der Waals surface area (Å²) in [5.74, 6) is 0.115. The first-order valence-electron chi connectivity index (χ1n) is 7.97. The van der Waals surface area contributed by atoms with Crippen LogP contribution in [0.5, 0.6) is 5.75 Å². The van der Waals surface area contributed by atoms with Gasteiger partial charge >= 0.3 is 6.09 Å². The Morgan fingerprint density at radius 2 is 2.22 bits per heavy atom. The SMILES string of the molecule is CC(C)(C)OC(=O)N[C@@H](CC#N)COc1c(Cl)c(Br)cc2nc[nH]c(=O)c12. The zero-order valence-electron chi connectivity index (χ0n) is 14.9. The number of carbonyl (C=O) groups excluding carboxylic acids is 1. The minimum absolute atomic E-state index is 0.0165. The number of halogens is 2. The molecular formula is C17H18BrClN4O4. The van der Waals surface area contributed by atoms with E-state index in [1.165, 1.54) is 6.33 Å². The third-order valence-electron chi connectivity index (χ3n) is 3.27. The van der Waals surface area contributed by atoms with Crippen molar-refractivity contribution in [1.29, 1.82) is 5.26 Å². The molecule has 1 atom stereocenters. The number of hydrogen-bond acceptors (Lipinski definition) is 6. The average molecular weight is 458 g/mol. The van der Waals surface area contributed by atoms with Gasteiger partial charge in [0, 0.05) is 4.47 Å². The Morgan fingerprint density at radius 3 is 2.85 bits per heavy atom. The van der Waals surface area contributed by atoms with E-state index in [9.17, 15) is 9.59 Å². The molecule has 1 amide bonds. The van der Waals surface area contributed by atoms with E-state index in [2.05, 4.69) is 31.2 Å². The molecule has 27 heavy (non-hydrogen) atoms. The normalized spacial score (nSPS) is 12.3. The molecule has 0 aliphatic heterocycles. The van der Waals surface area contributed by atoms with Gasteiger partial charge in [-0.3, -0.25) is 4.79 Å². The molecule has 0 fully saturated rings. The number of nitriles is 1. The smallest absolute Gasteiger partial charge is 0.408 e. The van der Waals surface area contributed by atoms with Crippen molar-refractivity contribution in [2.24, 2.45) is 0 Å². The van der Waals surface area contributed by atoms with Gasteiger partial charge in [-0.2, -0.15) is 5.26 Å². The minimum Gasteiger partial charge on any atom is -0.489 e. The zero-order chi connectivity index (χ0) is 20.2. The number of nitrogens with one attached hydrogen (secondary N) is 2. The fourth-order valence-corrected chi connectivity index (χ4v) is 2.80. The molecule has 0 spiro atoms. The Hall–Kier alpha value is -2.31. The van der Waals surface area contributed by atoms with Gasteiger partial charge in [-0.1, -0.05) is 11.6 Å². The van der Waals surface area contributed by atoms with Crippen molar-refractivity contribution in [3.05, 3.63) is 32.2 Å². The van der Waals surface area contributed by atoms with E-state index in [0.29, 0.717) is 9.99 Å². The number of amides is 1. The average Bonchev–Trinajstić information content (AvgIpc) is 2.54. The van der Waals surface area contributed by atoms with Crippen molar-refractivity contribution in [1.82, 2.24) is 15.3 Å². The number of rotatable bonds is 5. The Kier molecular flexibility index (Phi) is 6.68. The second-order valence-electron chi connectivity index (χ2n) is 6.64. The van der Waals surface area contributed by atoms with Crippen LogP contribution in [0.1, 0.15) is 27.2 Å². The Labute approximate surface area is 169 Å². The maximum Gasteiger partial charge on any atom is 0.408 e. The monoisotopic (exact) mass is 456 g/mol. The summed E-state index contributed by atoms with van der Waals surface area (Å²) in [6.45, 7) is 5.10. The van der Waals surface area contributed by atoms with Gasteiger partial charge in [0.05, 0.1) is 35.4 Å². The second kappa shape index (κ2) is 8.59. The molecule has 0 aliphatic rings. The molecule has 10 heteroatoms. The van der Waals surface area contributed by atoms with Crippen LogP contribution in [0.25, 0.3) is 10.9 Å². The van der Waals surface area contributed by atoms with Crippen molar-refractivity contribution in [2.75, 3.05) is 6.61 Å². The van der Waals surface area contributed by atoms with Crippen LogP contribution in [0, 0.1) is 11.3 Å². The molecule has 0 aliphatic carbocycles. The first-order valence-corrected chi connectivity index (χ1v) is 9.14. The van der Waals surface area contributed by atoms with E-state index in [1.807, 2.05) is 6.07 Å². The number of hydrogen-bond donors (Lipinski definition) is 2. The summed E-state index contributed by atoms with van der Waals surface area (Å²) in [7, 11) is 0. The van der Waals surface area contributed by atoms with Crippen molar-refractivity contribution < 1.29 is 14.3 Å². The Morgan fingerprint density at radius 1 is 1.52 bits per heavy atom. The first kappa shape index (κ1) is 21.0. The largest absolute Gasteiger partial charge is 0.489 e.